The topological polar surface area (TPSA) is 0 Å². The molecule has 22 heavy (non-hydrogen) atoms. The van der Waals surface area contributed by atoms with Gasteiger partial charge >= 0.3 is 0 Å². The molecule has 1 fully saturated rings. The summed E-state index contributed by atoms with van der Waals surface area (Å²) in [5.41, 5.74) is 0.539. The number of hydrogen-bond acceptors (Lipinski definition) is 0. The van der Waals surface area contributed by atoms with Crippen LogP contribution in [0.5, 0.6) is 0 Å². The van der Waals surface area contributed by atoms with E-state index in [1.54, 1.807) is 19.3 Å². The van der Waals surface area contributed by atoms with Crippen LogP contribution in [0.1, 0.15) is 124 Å². The number of hydrogen-bond donors (Lipinski definition) is 0. The van der Waals surface area contributed by atoms with Crippen molar-refractivity contribution in [3.8, 4) is 0 Å². The van der Waals surface area contributed by atoms with Crippen LogP contribution in [0.3, 0.4) is 0 Å². The van der Waals surface area contributed by atoms with Gasteiger partial charge in [-0.15, -0.1) is 0 Å². The zero-order valence-electron chi connectivity index (χ0n) is 16.3. The second-order valence-corrected chi connectivity index (χ2v) is 9.18. The molecule has 0 heteroatoms. The van der Waals surface area contributed by atoms with E-state index in [2.05, 4.69) is 27.7 Å². The zero-order chi connectivity index (χ0) is 16.3. The van der Waals surface area contributed by atoms with Crippen LogP contribution in [0.25, 0.3) is 0 Å². The van der Waals surface area contributed by atoms with Gasteiger partial charge in [0.15, 0.2) is 0 Å². The molecule has 0 bridgehead atoms. The summed E-state index contributed by atoms with van der Waals surface area (Å²) in [7, 11) is 0. The van der Waals surface area contributed by atoms with E-state index in [1.807, 2.05) is 0 Å². The molecule has 0 spiro atoms. The highest BCUT2D eigenvalue weighted by molar-refractivity contribution is 4.85. The molecule has 1 aliphatic carbocycles. The predicted octanol–water partition coefficient (Wildman–Crippen LogP) is 8.15. The van der Waals surface area contributed by atoms with Crippen LogP contribution in [-0.2, 0) is 0 Å². The quantitative estimate of drug-likeness (QED) is 0.284. The first-order valence-corrected chi connectivity index (χ1v) is 10.5. The van der Waals surface area contributed by atoms with E-state index in [1.165, 1.54) is 77.0 Å². The van der Waals surface area contributed by atoms with Crippen molar-refractivity contribution in [1.29, 1.82) is 0 Å². The molecule has 2 unspecified atom stereocenters. The fraction of sp³-hybridized carbons (Fsp3) is 1.00. The summed E-state index contributed by atoms with van der Waals surface area (Å²) in [6.45, 7) is 9.40. The maximum Gasteiger partial charge on any atom is -0.0383 e. The molecule has 0 heterocycles. The highest BCUT2D eigenvalue weighted by Gasteiger charge is 2.34. The third-order valence-electron chi connectivity index (χ3n) is 5.50. The Morgan fingerprint density at radius 1 is 0.636 bits per heavy atom. The first-order chi connectivity index (χ1) is 10.5. The minimum absolute atomic E-state index is 0.539. The lowest BCUT2D eigenvalue weighted by Gasteiger charge is -2.17. The predicted molar refractivity (Wildman–Crippen MR) is 101 cm³/mol. The Morgan fingerprint density at radius 3 is 1.59 bits per heavy atom. The molecule has 0 radical (unpaired) electrons. The Bertz CT molecular complexity index is 247. The molecule has 132 valence electrons. The summed E-state index contributed by atoms with van der Waals surface area (Å²) < 4.78 is 0. The zero-order valence-corrected chi connectivity index (χ0v) is 16.3. The molecular weight excluding hydrogens is 264 g/mol. The lowest BCUT2D eigenvalue weighted by Crippen LogP contribution is -2.03. The standard InChI is InChI=1S/C22H44/c1-5-6-7-8-10-13-16-20-19-21(20)17-14-11-9-12-15-18-22(2,3)4/h20-21H,5-19H2,1-4H3. The highest BCUT2D eigenvalue weighted by Crippen LogP contribution is 2.45. The Balaban J connectivity index is 1.78. The molecular formula is C22H44. The van der Waals surface area contributed by atoms with Gasteiger partial charge in [0.05, 0.1) is 0 Å². The van der Waals surface area contributed by atoms with Gasteiger partial charge in [0.2, 0.25) is 0 Å². The van der Waals surface area contributed by atoms with Gasteiger partial charge in [0.25, 0.3) is 0 Å². The van der Waals surface area contributed by atoms with E-state index in [4.69, 9.17) is 0 Å². The largest absolute Gasteiger partial charge is 0.0654 e. The molecule has 1 rings (SSSR count). The minimum Gasteiger partial charge on any atom is -0.0654 e. The average molecular weight is 309 g/mol. The van der Waals surface area contributed by atoms with E-state index < -0.39 is 0 Å². The summed E-state index contributed by atoms with van der Waals surface area (Å²) in [4.78, 5) is 0. The van der Waals surface area contributed by atoms with Gasteiger partial charge in [0, 0.05) is 0 Å². The summed E-state index contributed by atoms with van der Waals surface area (Å²) in [6, 6.07) is 0. The molecule has 0 aromatic carbocycles. The van der Waals surface area contributed by atoms with Crippen molar-refractivity contribution < 1.29 is 0 Å². The monoisotopic (exact) mass is 308 g/mol. The normalized spacial score (nSPS) is 21.3. The fourth-order valence-corrected chi connectivity index (χ4v) is 3.80. The van der Waals surface area contributed by atoms with Crippen LogP contribution in [0, 0.1) is 17.3 Å². The van der Waals surface area contributed by atoms with Crippen molar-refractivity contribution in [1.82, 2.24) is 0 Å². The lowest BCUT2D eigenvalue weighted by atomic mass is 9.89. The molecule has 0 amide bonds. The molecule has 0 aliphatic heterocycles. The minimum atomic E-state index is 0.539. The molecule has 0 aromatic heterocycles. The van der Waals surface area contributed by atoms with Crippen molar-refractivity contribution in [2.75, 3.05) is 0 Å². The Labute approximate surface area is 141 Å². The van der Waals surface area contributed by atoms with Crippen LogP contribution in [-0.4, -0.2) is 0 Å². The van der Waals surface area contributed by atoms with Gasteiger partial charge in [-0.1, -0.05) is 111 Å². The van der Waals surface area contributed by atoms with Crippen molar-refractivity contribution >= 4 is 0 Å². The van der Waals surface area contributed by atoms with Crippen LogP contribution in [0.4, 0.5) is 0 Å². The SMILES string of the molecule is CCCCCCCCC1CC1CCCCCCCC(C)(C)C. The van der Waals surface area contributed by atoms with Gasteiger partial charge in [0.1, 0.15) is 0 Å². The first kappa shape index (κ1) is 20.0. The molecule has 2 atom stereocenters. The molecule has 0 nitrogen and oxygen atoms in total. The first-order valence-electron chi connectivity index (χ1n) is 10.5. The number of unbranched alkanes of at least 4 members (excludes halogenated alkanes) is 9. The molecule has 1 saturated carbocycles. The van der Waals surface area contributed by atoms with E-state index in [9.17, 15) is 0 Å². The van der Waals surface area contributed by atoms with Gasteiger partial charge in [-0.05, 0) is 30.1 Å². The smallest absolute Gasteiger partial charge is 0.0383 e. The molecule has 1 aliphatic rings. The highest BCUT2D eigenvalue weighted by atomic mass is 14.4. The van der Waals surface area contributed by atoms with E-state index in [-0.39, 0.29) is 0 Å². The second-order valence-electron chi connectivity index (χ2n) is 9.18. The Kier molecular flexibility index (Phi) is 10.5. The van der Waals surface area contributed by atoms with Crippen molar-refractivity contribution in [3.63, 3.8) is 0 Å². The fourth-order valence-electron chi connectivity index (χ4n) is 3.80. The second kappa shape index (κ2) is 11.5. The van der Waals surface area contributed by atoms with Crippen molar-refractivity contribution in [3.05, 3.63) is 0 Å². The van der Waals surface area contributed by atoms with Crippen LogP contribution >= 0.6 is 0 Å². The van der Waals surface area contributed by atoms with Crippen LogP contribution in [0.15, 0.2) is 0 Å². The molecule has 0 N–H and O–H groups in total. The van der Waals surface area contributed by atoms with Crippen molar-refractivity contribution in [2.45, 2.75) is 124 Å². The van der Waals surface area contributed by atoms with Crippen LogP contribution in [0.2, 0.25) is 0 Å². The molecule has 0 aromatic rings. The summed E-state index contributed by atoms with van der Waals surface area (Å²) in [5, 5.41) is 0. The van der Waals surface area contributed by atoms with Gasteiger partial charge in [-0.3, -0.25) is 0 Å². The average Bonchev–Trinajstić information content (AvgIpc) is 3.19. The molecule has 0 saturated heterocycles. The van der Waals surface area contributed by atoms with E-state index >= 15 is 0 Å². The maximum absolute atomic E-state index is 2.37. The third kappa shape index (κ3) is 11.6. The van der Waals surface area contributed by atoms with Gasteiger partial charge in [-0.25, -0.2) is 0 Å². The third-order valence-corrected chi connectivity index (χ3v) is 5.50. The van der Waals surface area contributed by atoms with Crippen molar-refractivity contribution in [2.24, 2.45) is 17.3 Å². The maximum atomic E-state index is 2.37. The van der Waals surface area contributed by atoms with E-state index in [0.29, 0.717) is 5.41 Å². The Hall–Kier alpha value is 0. The summed E-state index contributed by atoms with van der Waals surface area (Å²) >= 11 is 0. The summed E-state index contributed by atoms with van der Waals surface area (Å²) in [5.74, 6) is 2.26. The Morgan fingerprint density at radius 2 is 1.09 bits per heavy atom. The van der Waals surface area contributed by atoms with Crippen LogP contribution < -0.4 is 0 Å². The number of rotatable bonds is 14. The van der Waals surface area contributed by atoms with E-state index in [0.717, 1.165) is 11.8 Å². The lowest BCUT2D eigenvalue weighted by molar-refractivity contribution is 0.356. The summed E-state index contributed by atoms with van der Waals surface area (Å²) in [6.07, 6.45) is 22.2. The van der Waals surface area contributed by atoms with Gasteiger partial charge < -0.3 is 0 Å². The van der Waals surface area contributed by atoms with Gasteiger partial charge in [-0.2, -0.15) is 0 Å².